The Morgan fingerprint density at radius 2 is 1.95 bits per heavy atom. The van der Waals surface area contributed by atoms with Crippen LogP contribution in [0.4, 0.5) is 14.5 Å². The lowest BCUT2D eigenvalue weighted by atomic mass is 10.1. The Bertz CT molecular complexity index is 662. The van der Waals surface area contributed by atoms with Crippen LogP contribution >= 0.6 is 11.8 Å². The molecule has 0 saturated heterocycles. The van der Waals surface area contributed by atoms with Crippen molar-refractivity contribution >= 4 is 23.4 Å². The molecule has 0 aliphatic heterocycles. The van der Waals surface area contributed by atoms with Gasteiger partial charge in [-0.15, -0.1) is 0 Å². The number of phenolic OH excluding ortho intramolecular Hbond substituents is 1. The van der Waals surface area contributed by atoms with Crippen LogP contribution < -0.4 is 5.32 Å². The Hall–Kier alpha value is -2.08. The number of thioether (sulfide) groups is 1. The van der Waals surface area contributed by atoms with Crippen LogP contribution in [0.25, 0.3) is 0 Å². The van der Waals surface area contributed by atoms with Crippen LogP contribution in [0.15, 0.2) is 47.4 Å². The molecule has 6 heteroatoms. The largest absolute Gasteiger partial charge is 0.507 e. The van der Waals surface area contributed by atoms with Gasteiger partial charge in [-0.2, -0.15) is 8.78 Å². The summed E-state index contributed by atoms with van der Waals surface area (Å²) in [5.41, 5.74) is 1.20. The van der Waals surface area contributed by atoms with Gasteiger partial charge < -0.3 is 10.4 Å². The maximum absolute atomic E-state index is 12.5. The van der Waals surface area contributed by atoms with Gasteiger partial charge in [-0.25, -0.2) is 0 Å². The number of halogens is 2. The Labute approximate surface area is 125 Å². The van der Waals surface area contributed by atoms with Gasteiger partial charge in [0.1, 0.15) is 5.75 Å². The van der Waals surface area contributed by atoms with Crippen molar-refractivity contribution in [3.05, 3.63) is 53.6 Å². The molecule has 0 saturated carbocycles. The number of hydrogen-bond donors (Lipinski definition) is 2. The van der Waals surface area contributed by atoms with Crippen LogP contribution in [0.1, 0.15) is 15.9 Å². The van der Waals surface area contributed by atoms with E-state index in [1.165, 1.54) is 24.3 Å². The van der Waals surface area contributed by atoms with Crippen molar-refractivity contribution < 1.29 is 18.7 Å². The van der Waals surface area contributed by atoms with Crippen LogP contribution in [0.2, 0.25) is 0 Å². The van der Waals surface area contributed by atoms with Crippen molar-refractivity contribution in [1.82, 2.24) is 0 Å². The third-order valence-electron chi connectivity index (χ3n) is 2.75. The number of nitrogens with one attached hydrogen (secondary N) is 1. The van der Waals surface area contributed by atoms with Gasteiger partial charge in [0.25, 0.3) is 11.7 Å². The van der Waals surface area contributed by atoms with E-state index in [0.29, 0.717) is 11.8 Å². The number of hydrogen-bond acceptors (Lipinski definition) is 3. The molecule has 0 atom stereocenters. The Morgan fingerprint density at radius 3 is 2.62 bits per heavy atom. The van der Waals surface area contributed by atoms with Crippen LogP contribution in [0.5, 0.6) is 5.75 Å². The standard InChI is InChI=1S/C15H13F2NO2S/c1-9-6-7-10(12(19)8-9)14(20)18-11-4-2-3-5-13(11)21-15(16)17/h2-8,15,19H,1H3,(H,18,20). The fraction of sp³-hybridized carbons (Fsp3) is 0.133. The van der Waals surface area contributed by atoms with E-state index in [0.717, 1.165) is 5.56 Å². The van der Waals surface area contributed by atoms with Crippen LogP contribution in [-0.2, 0) is 0 Å². The van der Waals surface area contributed by atoms with Crippen LogP contribution in [0.3, 0.4) is 0 Å². The van der Waals surface area contributed by atoms with Gasteiger partial charge in [0.05, 0.1) is 11.3 Å². The molecule has 0 fully saturated rings. The zero-order valence-corrected chi connectivity index (χ0v) is 12.0. The summed E-state index contributed by atoms with van der Waals surface area (Å²) in [6, 6.07) is 10.9. The summed E-state index contributed by atoms with van der Waals surface area (Å²) >= 11 is 0.358. The van der Waals surface area contributed by atoms with E-state index in [-0.39, 0.29) is 21.9 Å². The van der Waals surface area contributed by atoms with E-state index in [1.807, 2.05) is 0 Å². The van der Waals surface area contributed by atoms with E-state index in [2.05, 4.69) is 5.32 Å². The number of anilines is 1. The third kappa shape index (κ3) is 3.95. The number of para-hydroxylation sites is 1. The maximum atomic E-state index is 12.5. The van der Waals surface area contributed by atoms with Gasteiger partial charge in [-0.05, 0) is 36.8 Å². The summed E-state index contributed by atoms with van der Waals surface area (Å²) in [7, 11) is 0. The highest BCUT2D eigenvalue weighted by Crippen LogP contribution is 2.32. The van der Waals surface area contributed by atoms with Crippen LogP contribution in [0, 0.1) is 6.92 Å². The first-order chi connectivity index (χ1) is 9.97. The van der Waals surface area contributed by atoms with Crippen molar-refractivity contribution in [2.75, 3.05) is 5.32 Å². The zero-order chi connectivity index (χ0) is 15.4. The molecule has 0 radical (unpaired) electrons. The topological polar surface area (TPSA) is 49.3 Å². The normalized spacial score (nSPS) is 10.7. The summed E-state index contributed by atoms with van der Waals surface area (Å²) in [5, 5.41) is 12.3. The third-order valence-corrected chi connectivity index (χ3v) is 3.54. The van der Waals surface area contributed by atoms with Gasteiger partial charge in [0, 0.05) is 4.90 Å². The van der Waals surface area contributed by atoms with Gasteiger partial charge in [0.2, 0.25) is 0 Å². The second-order valence-electron chi connectivity index (χ2n) is 4.35. The number of rotatable bonds is 4. The fourth-order valence-corrected chi connectivity index (χ4v) is 2.39. The first kappa shape index (κ1) is 15.3. The Kier molecular flexibility index (Phi) is 4.80. The average Bonchev–Trinajstić information content (AvgIpc) is 2.40. The van der Waals surface area contributed by atoms with E-state index in [9.17, 15) is 18.7 Å². The van der Waals surface area contributed by atoms with E-state index in [1.54, 1.807) is 25.1 Å². The van der Waals surface area contributed by atoms with Gasteiger partial charge in [0.15, 0.2) is 0 Å². The summed E-state index contributed by atoms with van der Waals surface area (Å²) in [4.78, 5) is 12.4. The van der Waals surface area contributed by atoms with E-state index >= 15 is 0 Å². The molecule has 0 unspecified atom stereocenters. The molecule has 0 aliphatic rings. The molecule has 2 rings (SSSR count). The highest BCUT2D eigenvalue weighted by Gasteiger charge is 2.15. The number of aromatic hydroxyl groups is 1. The number of benzene rings is 2. The predicted molar refractivity (Wildman–Crippen MR) is 79.1 cm³/mol. The minimum Gasteiger partial charge on any atom is -0.507 e. The highest BCUT2D eigenvalue weighted by molar-refractivity contribution is 7.99. The molecule has 0 spiro atoms. The molecule has 0 bridgehead atoms. The second-order valence-corrected chi connectivity index (χ2v) is 5.38. The van der Waals surface area contributed by atoms with Crippen molar-refractivity contribution in [3.63, 3.8) is 0 Å². The fourth-order valence-electron chi connectivity index (χ4n) is 1.79. The first-order valence-corrected chi connectivity index (χ1v) is 7.00. The van der Waals surface area contributed by atoms with Gasteiger partial charge in [-0.1, -0.05) is 30.0 Å². The lowest BCUT2D eigenvalue weighted by Crippen LogP contribution is -2.13. The molecule has 2 aromatic carbocycles. The lowest BCUT2D eigenvalue weighted by Gasteiger charge is -2.11. The number of aryl methyl sites for hydroxylation is 1. The molecule has 2 aromatic rings. The van der Waals surface area contributed by atoms with Crippen molar-refractivity contribution in [3.8, 4) is 5.75 Å². The van der Waals surface area contributed by atoms with Crippen LogP contribution in [-0.4, -0.2) is 16.8 Å². The van der Waals surface area contributed by atoms with E-state index in [4.69, 9.17) is 0 Å². The molecule has 0 aromatic heterocycles. The molecule has 0 aliphatic carbocycles. The summed E-state index contributed by atoms with van der Waals surface area (Å²) in [6.45, 7) is 1.79. The van der Waals surface area contributed by atoms with Gasteiger partial charge >= 0.3 is 0 Å². The minimum absolute atomic E-state index is 0.0949. The summed E-state index contributed by atoms with van der Waals surface area (Å²) in [6.07, 6.45) is 0. The van der Waals surface area contributed by atoms with Crippen molar-refractivity contribution in [2.24, 2.45) is 0 Å². The minimum atomic E-state index is -2.57. The quantitative estimate of drug-likeness (QED) is 0.829. The van der Waals surface area contributed by atoms with Gasteiger partial charge in [-0.3, -0.25) is 4.79 Å². The Balaban J connectivity index is 2.23. The van der Waals surface area contributed by atoms with E-state index < -0.39 is 11.7 Å². The zero-order valence-electron chi connectivity index (χ0n) is 11.1. The number of alkyl halides is 2. The van der Waals surface area contributed by atoms with Crippen molar-refractivity contribution in [2.45, 2.75) is 17.6 Å². The molecule has 110 valence electrons. The number of carbonyl (C=O) groups excluding carboxylic acids is 1. The summed E-state index contributed by atoms with van der Waals surface area (Å²) < 4.78 is 25.0. The second kappa shape index (κ2) is 6.58. The molecule has 2 N–H and O–H groups in total. The number of carbonyl (C=O) groups is 1. The maximum Gasteiger partial charge on any atom is 0.288 e. The lowest BCUT2D eigenvalue weighted by molar-refractivity contribution is 0.102. The molecule has 1 amide bonds. The monoisotopic (exact) mass is 309 g/mol. The first-order valence-electron chi connectivity index (χ1n) is 6.12. The molecular formula is C15H13F2NO2S. The Morgan fingerprint density at radius 1 is 1.24 bits per heavy atom. The molecule has 0 heterocycles. The van der Waals surface area contributed by atoms with Crippen molar-refractivity contribution in [1.29, 1.82) is 0 Å². The average molecular weight is 309 g/mol. The summed E-state index contributed by atoms with van der Waals surface area (Å²) in [5.74, 6) is -3.27. The smallest absolute Gasteiger partial charge is 0.288 e. The number of amides is 1. The number of phenols is 1. The molecule has 3 nitrogen and oxygen atoms in total. The molecule has 21 heavy (non-hydrogen) atoms. The molecular weight excluding hydrogens is 296 g/mol. The highest BCUT2D eigenvalue weighted by atomic mass is 32.2. The SMILES string of the molecule is Cc1ccc(C(=O)Nc2ccccc2SC(F)F)c(O)c1. The predicted octanol–water partition coefficient (Wildman–Crippen LogP) is 4.27.